The van der Waals surface area contributed by atoms with Crippen molar-refractivity contribution in [3.8, 4) is 5.75 Å². The Morgan fingerprint density at radius 2 is 1.90 bits per heavy atom. The Labute approximate surface area is 123 Å². The van der Waals surface area contributed by atoms with Crippen LogP contribution in [0.15, 0.2) is 24.3 Å². The predicted molar refractivity (Wildman–Crippen MR) is 85.4 cm³/mol. The average Bonchev–Trinajstić information content (AvgIpc) is 2.53. The molecule has 0 radical (unpaired) electrons. The van der Waals surface area contributed by atoms with Gasteiger partial charge in [0.2, 0.25) is 0 Å². The van der Waals surface area contributed by atoms with Crippen molar-refractivity contribution in [3.05, 3.63) is 29.8 Å². The van der Waals surface area contributed by atoms with Gasteiger partial charge >= 0.3 is 0 Å². The van der Waals surface area contributed by atoms with Crippen LogP contribution in [-0.2, 0) is 0 Å². The fourth-order valence-electron chi connectivity index (χ4n) is 3.73. The lowest BCUT2D eigenvalue weighted by Crippen LogP contribution is -2.42. The van der Waals surface area contributed by atoms with Gasteiger partial charge in [0.25, 0.3) is 0 Å². The minimum absolute atomic E-state index is 0.654. The zero-order valence-electron chi connectivity index (χ0n) is 13.2. The molecule has 1 aliphatic rings. The van der Waals surface area contributed by atoms with Crippen molar-refractivity contribution >= 4 is 0 Å². The number of piperidine rings is 1. The summed E-state index contributed by atoms with van der Waals surface area (Å²) < 4.78 is 5.27. The van der Waals surface area contributed by atoms with Crippen LogP contribution in [-0.4, -0.2) is 19.7 Å². The van der Waals surface area contributed by atoms with E-state index in [9.17, 15) is 0 Å². The molecule has 0 saturated carbocycles. The van der Waals surface area contributed by atoms with Crippen molar-refractivity contribution < 1.29 is 4.74 Å². The predicted octanol–water partition coefficient (Wildman–Crippen LogP) is 4.36. The number of hydrogen-bond donors (Lipinski definition) is 1. The molecule has 1 heterocycles. The third-order valence-corrected chi connectivity index (χ3v) is 4.84. The van der Waals surface area contributed by atoms with E-state index >= 15 is 0 Å². The first-order valence-electron chi connectivity index (χ1n) is 8.17. The highest BCUT2D eigenvalue weighted by Crippen LogP contribution is 2.35. The minimum atomic E-state index is 0.654. The Morgan fingerprint density at radius 1 is 1.15 bits per heavy atom. The van der Waals surface area contributed by atoms with Crippen LogP contribution in [0.3, 0.4) is 0 Å². The summed E-state index contributed by atoms with van der Waals surface area (Å²) in [5.41, 5.74) is 1.47. The summed E-state index contributed by atoms with van der Waals surface area (Å²) in [6.07, 6.45) is 6.52. The van der Waals surface area contributed by atoms with E-state index in [2.05, 4.69) is 43.4 Å². The lowest BCUT2D eigenvalue weighted by molar-refractivity contribution is 0.247. The molecule has 2 heteroatoms. The van der Waals surface area contributed by atoms with Gasteiger partial charge in [0.1, 0.15) is 5.75 Å². The Balaban J connectivity index is 2.14. The molecule has 2 rings (SSSR count). The van der Waals surface area contributed by atoms with Gasteiger partial charge in [-0.25, -0.2) is 0 Å². The number of benzene rings is 1. The lowest BCUT2D eigenvalue weighted by Gasteiger charge is -2.36. The fourth-order valence-corrected chi connectivity index (χ4v) is 3.73. The van der Waals surface area contributed by atoms with E-state index in [1.54, 1.807) is 7.11 Å². The van der Waals surface area contributed by atoms with Crippen molar-refractivity contribution in [3.63, 3.8) is 0 Å². The first kappa shape index (κ1) is 15.4. The van der Waals surface area contributed by atoms with Crippen LogP contribution < -0.4 is 10.1 Å². The quantitative estimate of drug-likeness (QED) is 0.833. The van der Waals surface area contributed by atoms with Crippen molar-refractivity contribution in [1.29, 1.82) is 0 Å². The van der Waals surface area contributed by atoms with Crippen molar-refractivity contribution in [1.82, 2.24) is 5.32 Å². The van der Waals surface area contributed by atoms with Gasteiger partial charge in [-0.2, -0.15) is 0 Å². The topological polar surface area (TPSA) is 21.3 Å². The summed E-state index contributed by atoms with van der Waals surface area (Å²) in [5, 5.41) is 3.75. The number of rotatable bonds is 6. The second-order valence-corrected chi connectivity index (χ2v) is 5.92. The maximum absolute atomic E-state index is 5.27. The minimum Gasteiger partial charge on any atom is -0.497 e. The van der Waals surface area contributed by atoms with Gasteiger partial charge in [0.05, 0.1) is 7.11 Å². The third kappa shape index (κ3) is 3.54. The number of nitrogens with one attached hydrogen (secondary N) is 1. The molecular formula is C18H29NO. The zero-order valence-corrected chi connectivity index (χ0v) is 13.2. The molecule has 20 heavy (non-hydrogen) atoms. The number of ether oxygens (including phenoxy) is 1. The molecule has 0 bridgehead atoms. The standard InChI is InChI=1S/C18H29NO/c1-4-16(14-9-11-15(20-3)12-10-14)17(5-2)18-8-6-7-13-19-18/h9-12,16-19H,4-8,13H2,1-3H3/t16-,17+,18+/m1/s1. The molecule has 1 aliphatic heterocycles. The van der Waals surface area contributed by atoms with Crippen LogP contribution in [0.1, 0.15) is 57.4 Å². The van der Waals surface area contributed by atoms with Gasteiger partial charge in [0, 0.05) is 6.04 Å². The highest BCUT2D eigenvalue weighted by atomic mass is 16.5. The summed E-state index contributed by atoms with van der Waals surface area (Å²) in [5.74, 6) is 2.35. The Morgan fingerprint density at radius 3 is 2.40 bits per heavy atom. The SMILES string of the molecule is CC[C@H]([C@@H]1CCCCN1)[C@H](CC)c1ccc(OC)cc1. The summed E-state index contributed by atoms with van der Waals surface area (Å²) in [7, 11) is 1.73. The van der Waals surface area contributed by atoms with Gasteiger partial charge in [0.15, 0.2) is 0 Å². The van der Waals surface area contributed by atoms with E-state index in [1.807, 2.05) is 0 Å². The molecule has 0 aromatic heterocycles. The van der Waals surface area contributed by atoms with Crippen LogP contribution in [0.4, 0.5) is 0 Å². The molecule has 0 aliphatic carbocycles. The van der Waals surface area contributed by atoms with Gasteiger partial charge in [-0.3, -0.25) is 0 Å². The van der Waals surface area contributed by atoms with Gasteiger partial charge in [-0.05, 0) is 55.3 Å². The molecule has 0 amide bonds. The van der Waals surface area contributed by atoms with E-state index in [0.29, 0.717) is 12.0 Å². The van der Waals surface area contributed by atoms with Crippen LogP contribution >= 0.6 is 0 Å². The smallest absolute Gasteiger partial charge is 0.118 e. The monoisotopic (exact) mass is 275 g/mol. The first-order valence-corrected chi connectivity index (χ1v) is 8.17. The van der Waals surface area contributed by atoms with Gasteiger partial charge in [-0.1, -0.05) is 38.8 Å². The van der Waals surface area contributed by atoms with Crippen LogP contribution in [0.2, 0.25) is 0 Å². The molecule has 0 unspecified atom stereocenters. The van der Waals surface area contributed by atoms with Gasteiger partial charge in [-0.15, -0.1) is 0 Å². The maximum Gasteiger partial charge on any atom is 0.118 e. The summed E-state index contributed by atoms with van der Waals surface area (Å²) in [6, 6.07) is 9.38. The normalized spacial score (nSPS) is 22.2. The van der Waals surface area contributed by atoms with E-state index in [-0.39, 0.29) is 0 Å². The second-order valence-electron chi connectivity index (χ2n) is 5.92. The summed E-state index contributed by atoms with van der Waals surface area (Å²) >= 11 is 0. The summed E-state index contributed by atoms with van der Waals surface area (Å²) in [6.45, 7) is 5.85. The largest absolute Gasteiger partial charge is 0.497 e. The fraction of sp³-hybridized carbons (Fsp3) is 0.667. The van der Waals surface area contributed by atoms with Crippen LogP contribution in [0.25, 0.3) is 0 Å². The molecule has 1 fully saturated rings. The molecule has 1 aromatic carbocycles. The molecule has 3 atom stereocenters. The molecule has 1 aromatic rings. The van der Waals surface area contributed by atoms with Crippen LogP contribution in [0.5, 0.6) is 5.75 Å². The molecule has 1 N–H and O–H groups in total. The molecule has 1 saturated heterocycles. The first-order chi connectivity index (χ1) is 9.80. The number of hydrogen-bond acceptors (Lipinski definition) is 2. The average molecular weight is 275 g/mol. The maximum atomic E-state index is 5.27. The Kier molecular flexibility index (Phi) is 5.90. The van der Waals surface area contributed by atoms with Crippen LogP contribution in [0, 0.1) is 5.92 Å². The van der Waals surface area contributed by atoms with Crippen molar-refractivity contribution in [2.24, 2.45) is 5.92 Å². The van der Waals surface area contributed by atoms with Crippen molar-refractivity contribution in [2.75, 3.05) is 13.7 Å². The number of methoxy groups -OCH3 is 1. The van der Waals surface area contributed by atoms with E-state index in [0.717, 1.165) is 11.7 Å². The Hall–Kier alpha value is -1.02. The molecular weight excluding hydrogens is 246 g/mol. The highest BCUT2D eigenvalue weighted by Gasteiger charge is 2.29. The lowest BCUT2D eigenvalue weighted by atomic mass is 9.76. The summed E-state index contributed by atoms with van der Waals surface area (Å²) in [4.78, 5) is 0. The van der Waals surface area contributed by atoms with E-state index < -0.39 is 0 Å². The molecule has 2 nitrogen and oxygen atoms in total. The second kappa shape index (κ2) is 7.68. The highest BCUT2D eigenvalue weighted by molar-refractivity contribution is 5.30. The van der Waals surface area contributed by atoms with E-state index in [1.165, 1.54) is 44.2 Å². The zero-order chi connectivity index (χ0) is 14.4. The Bertz CT molecular complexity index is 381. The molecule has 0 spiro atoms. The molecule has 112 valence electrons. The van der Waals surface area contributed by atoms with Gasteiger partial charge < -0.3 is 10.1 Å². The van der Waals surface area contributed by atoms with Crippen molar-refractivity contribution in [2.45, 2.75) is 57.9 Å². The third-order valence-electron chi connectivity index (χ3n) is 4.84. The van der Waals surface area contributed by atoms with E-state index in [4.69, 9.17) is 4.74 Å².